The van der Waals surface area contributed by atoms with E-state index in [4.69, 9.17) is 0 Å². The predicted molar refractivity (Wildman–Crippen MR) is 53.0 cm³/mol. The lowest BCUT2D eigenvalue weighted by molar-refractivity contribution is 0.0581. The second-order valence-electron chi connectivity index (χ2n) is 2.79. The number of nitrogens with zero attached hydrogens (tertiary/aromatic N) is 1. The summed E-state index contributed by atoms with van der Waals surface area (Å²) in [7, 11) is 1.12. The largest absolute Gasteiger partial charge is 0.464 e. The van der Waals surface area contributed by atoms with Gasteiger partial charge in [0, 0.05) is 10.7 Å². The van der Waals surface area contributed by atoms with Crippen molar-refractivity contribution in [2.75, 3.05) is 7.11 Å². The lowest BCUT2D eigenvalue weighted by Crippen LogP contribution is -2.10. The fourth-order valence-electron chi connectivity index (χ4n) is 1.12. The van der Waals surface area contributed by atoms with Crippen LogP contribution in [0.15, 0.2) is 10.7 Å². The van der Waals surface area contributed by atoms with Gasteiger partial charge in [-0.25, -0.2) is 18.6 Å². The summed E-state index contributed by atoms with van der Waals surface area (Å²) in [5.41, 5.74) is -0.440. The van der Waals surface area contributed by atoms with Crippen molar-refractivity contribution in [3.8, 4) is 0 Å². The van der Waals surface area contributed by atoms with Gasteiger partial charge in [-0.2, -0.15) is 0 Å². The van der Waals surface area contributed by atoms with Gasteiger partial charge >= 0.3 is 5.97 Å². The summed E-state index contributed by atoms with van der Waals surface area (Å²) in [6, 6.07) is 0. The molecular formula is C9H8BrF2NO2. The highest BCUT2D eigenvalue weighted by atomic mass is 79.9. The van der Waals surface area contributed by atoms with Crippen LogP contribution in [0.4, 0.5) is 8.78 Å². The number of hydrogen-bond donors (Lipinski definition) is 0. The van der Waals surface area contributed by atoms with Gasteiger partial charge in [0.2, 0.25) is 0 Å². The quantitative estimate of drug-likeness (QED) is 0.782. The summed E-state index contributed by atoms with van der Waals surface area (Å²) < 4.78 is 30.2. The van der Waals surface area contributed by atoms with E-state index in [0.717, 1.165) is 7.11 Å². The molecule has 0 aromatic carbocycles. The van der Waals surface area contributed by atoms with Crippen LogP contribution >= 0.6 is 15.9 Å². The number of rotatable bonds is 2. The second-order valence-corrected chi connectivity index (χ2v) is 3.64. The number of halogens is 3. The van der Waals surface area contributed by atoms with Gasteiger partial charge in [-0.05, 0) is 28.4 Å². The third-order valence-electron chi connectivity index (χ3n) is 1.92. The summed E-state index contributed by atoms with van der Waals surface area (Å²) in [4.78, 5) is 14.8. The van der Waals surface area contributed by atoms with Crippen LogP contribution in [0.25, 0.3) is 0 Å². The van der Waals surface area contributed by atoms with Gasteiger partial charge < -0.3 is 4.74 Å². The van der Waals surface area contributed by atoms with E-state index in [1.54, 1.807) is 0 Å². The van der Waals surface area contributed by atoms with Crippen molar-refractivity contribution in [2.24, 2.45) is 0 Å². The Morgan fingerprint density at radius 1 is 1.60 bits per heavy atom. The first kappa shape index (κ1) is 12.0. The lowest BCUT2D eigenvalue weighted by atomic mass is 10.1. The first-order valence-corrected chi connectivity index (χ1v) is 4.79. The van der Waals surface area contributed by atoms with Crippen molar-refractivity contribution in [1.82, 2.24) is 4.98 Å². The van der Waals surface area contributed by atoms with Gasteiger partial charge in [0.25, 0.3) is 6.43 Å². The van der Waals surface area contributed by atoms with Crippen LogP contribution in [0, 0.1) is 6.92 Å². The molecular weight excluding hydrogens is 272 g/mol. The molecule has 15 heavy (non-hydrogen) atoms. The van der Waals surface area contributed by atoms with Crippen molar-refractivity contribution in [1.29, 1.82) is 0 Å². The highest BCUT2D eigenvalue weighted by Gasteiger charge is 2.23. The van der Waals surface area contributed by atoms with Crippen molar-refractivity contribution in [3.63, 3.8) is 0 Å². The molecule has 0 amide bonds. The van der Waals surface area contributed by atoms with Gasteiger partial charge in [-0.3, -0.25) is 0 Å². The number of carbonyl (C=O) groups is 1. The topological polar surface area (TPSA) is 39.2 Å². The summed E-state index contributed by atoms with van der Waals surface area (Å²) in [5, 5.41) is 0. The summed E-state index contributed by atoms with van der Waals surface area (Å²) in [5.74, 6) is -0.860. The summed E-state index contributed by atoms with van der Waals surface area (Å²) in [6.07, 6.45) is -1.46. The van der Waals surface area contributed by atoms with Crippen LogP contribution in [0.2, 0.25) is 0 Å². The Hall–Kier alpha value is -1.04. The third-order valence-corrected chi connectivity index (χ3v) is 2.72. The van der Waals surface area contributed by atoms with E-state index in [0.29, 0.717) is 10.0 Å². The van der Waals surface area contributed by atoms with Gasteiger partial charge in [0.15, 0.2) is 5.69 Å². The molecule has 0 spiro atoms. The zero-order valence-corrected chi connectivity index (χ0v) is 9.64. The number of pyridine rings is 1. The summed E-state index contributed by atoms with van der Waals surface area (Å²) >= 11 is 3.07. The number of ether oxygens (including phenoxy) is 1. The number of aromatic nitrogens is 1. The van der Waals surface area contributed by atoms with Crippen molar-refractivity contribution >= 4 is 21.9 Å². The monoisotopic (exact) mass is 279 g/mol. The van der Waals surface area contributed by atoms with Gasteiger partial charge in [0.1, 0.15) is 0 Å². The molecule has 0 aliphatic heterocycles. The van der Waals surface area contributed by atoms with Gasteiger partial charge in [0.05, 0.1) is 12.7 Å². The molecule has 0 aliphatic carbocycles. The molecule has 0 atom stereocenters. The molecule has 1 aromatic rings. The van der Waals surface area contributed by atoms with Crippen LogP contribution in [-0.2, 0) is 4.74 Å². The standard InChI is InChI=1S/C9H8BrF2NO2/c1-4-5(10)3-13-7(9(14)15-2)6(4)8(11)12/h3,8H,1-2H3. The SMILES string of the molecule is COC(=O)c1ncc(Br)c(C)c1C(F)F. The Labute approximate surface area is 93.6 Å². The van der Waals surface area contributed by atoms with Gasteiger partial charge in [-0.1, -0.05) is 0 Å². The van der Waals surface area contributed by atoms with E-state index < -0.39 is 18.0 Å². The lowest BCUT2D eigenvalue weighted by Gasteiger charge is -2.10. The zero-order chi connectivity index (χ0) is 11.6. The number of carbonyl (C=O) groups excluding carboxylic acids is 1. The zero-order valence-electron chi connectivity index (χ0n) is 8.05. The Morgan fingerprint density at radius 2 is 2.20 bits per heavy atom. The van der Waals surface area contributed by atoms with E-state index >= 15 is 0 Å². The molecule has 1 aromatic heterocycles. The molecule has 1 heterocycles. The molecule has 0 fully saturated rings. The minimum Gasteiger partial charge on any atom is -0.464 e. The van der Waals surface area contributed by atoms with E-state index in [2.05, 4.69) is 25.7 Å². The van der Waals surface area contributed by atoms with E-state index in [1.165, 1.54) is 13.1 Å². The van der Waals surface area contributed by atoms with Gasteiger partial charge in [-0.15, -0.1) is 0 Å². The Kier molecular flexibility index (Phi) is 3.73. The molecule has 0 N–H and O–H groups in total. The number of alkyl halides is 2. The highest BCUT2D eigenvalue weighted by Crippen LogP contribution is 2.29. The molecule has 0 saturated carbocycles. The van der Waals surface area contributed by atoms with Crippen LogP contribution in [-0.4, -0.2) is 18.1 Å². The van der Waals surface area contributed by atoms with Crippen LogP contribution in [0.1, 0.15) is 28.0 Å². The average Bonchev–Trinajstić information content (AvgIpc) is 2.20. The van der Waals surface area contributed by atoms with Crippen LogP contribution in [0.5, 0.6) is 0 Å². The Morgan fingerprint density at radius 3 is 2.67 bits per heavy atom. The number of hydrogen-bond acceptors (Lipinski definition) is 3. The molecule has 6 heteroatoms. The van der Waals surface area contributed by atoms with E-state index in [1.807, 2.05) is 0 Å². The van der Waals surface area contributed by atoms with Crippen LogP contribution in [0.3, 0.4) is 0 Å². The fraction of sp³-hybridized carbons (Fsp3) is 0.333. The molecule has 0 radical (unpaired) electrons. The first-order chi connectivity index (χ1) is 6.99. The smallest absolute Gasteiger partial charge is 0.357 e. The maximum atomic E-state index is 12.7. The number of esters is 1. The minimum absolute atomic E-state index is 0.292. The fourth-order valence-corrected chi connectivity index (χ4v) is 1.44. The first-order valence-electron chi connectivity index (χ1n) is 4.00. The molecule has 0 bridgehead atoms. The Balaban J connectivity index is 3.40. The minimum atomic E-state index is -2.76. The maximum Gasteiger partial charge on any atom is 0.357 e. The van der Waals surface area contributed by atoms with E-state index in [9.17, 15) is 13.6 Å². The van der Waals surface area contributed by atoms with Crippen molar-refractivity contribution in [3.05, 3.63) is 27.5 Å². The van der Waals surface area contributed by atoms with Crippen LogP contribution < -0.4 is 0 Å². The molecule has 1 rings (SSSR count). The van der Waals surface area contributed by atoms with Crippen molar-refractivity contribution < 1.29 is 18.3 Å². The van der Waals surface area contributed by atoms with E-state index in [-0.39, 0.29) is 5.69 Å². The van der Waals surface area contributed by atoms with Crippen molar-refractivity contribution in [2.45, 2.75) is 13.3 Å². The molecule has 0 unspecified atom stereocenters. The molecule has 0 aliphatic rings. The maximum absolute atomic E-state index is 12.7. The average molecular weight is 280 g/mol. The molecule has 0 saturated heterocycles. The number of methoxy groups -OCH3 is 1. The third kappa shape index (κ3) is 2.31. The summed E-state index contributed by atoms with van der Waals surface area (Å²) in [6.45, 7) is 1.49. The second kappa shape index (κ2) is 4.65. The molecule has 3 nitrogen and oxygen atoms in total. The Bertz CT molecular complexity index is 396. The highest BCUT2D eigenvalue weighted by molar-refractivity contribution is 9.10. The predicted octanol–water partition coefficient (Wildman–Crippen LogP) is 2.88. The molecule has 82 valence electrons. The normalized spacial score (nSPS) is 10.5.